The molecule has 0 saturated carbocycles. The number of amides is 1. The summed E-state index contributed by atoms with van der Waals surface area (Å²) in [5, 5.41) is 5.13. The molecule has 3 rings (SSSR count). The molecule has 5 nitrogen and oxygen atoms in total. The van der Waals surface area contributed by atoms with Gasteiger partial charge in [0, 0.05) is 38.8 Å². The lowest BCUT2D eigenvalue weighted by Gasteiger charge is -2.34. The minimum absolute atomic E-state index is 0.171. The molecule has 6 heteroatoms. The highest BCUT2D eigenvalue weighted by molar-refractivity contribution is 6.30. The number of rotatable bonds is 5. The van der Waals surface area contributed by atoms with Crippen molar-refractivity contribution in [2.24, 2.45) is 7.05 Å². The van der Waals surface area contributed by atoms with E-state index in [1.54, 1.807) is 4.68 Å². The average molecular weight is 361 g/mol. The van der Waals surface area contributed by atoms with E-state index in [2.05, 4.69) is 48.1 Å². The number of aryl methyl sites for hydroxylation is 3. The smallest absolute Gasteiger partial charge is 0.237 e. The van der Waals surface area contributed by atoms with Crippen LogP contribution in [0.2, 0.25) is 5.15 Å². The van der Waals surface area contributed by atoms with Crippen molar-refractivity contribution in [2.45, 2.75) is 33.4 Å². The largest absolute Gasteiger partial charge is 0.336 e. The van der Waals surface area contributed by atoms with E-state index >= 15 is 0 Å². The van der Waals surface area contributed by atoms with Crippen LogP contribution in [0.3, 0.4) is 0 Å². The molecule has 1 saturated heterocycles. The number of hydrogen-bond acceptors (Lipinski definition) is 3. The van der Waals surface area contributed by atoms with Crippen LogP contribution in [-0.2, 0) is 31.4 Å². The van der Waals surface area contributed by atoms with Gasteiger partial charge in [-0.1, -0.05) is 48.4 Å². The summed E-state index contributed by atoms with van der Waals surface area (Å²) in [4.78, 5) is 16.6. The van der Waals surface area contributed by atoms with Crippen LogP contribution in [0.25, 0.3) is 0 Å². The zero-order chi connectivity index (χ0) is 18.0. The lowest BCUT2D eigenvalue weighted by molar-refractivity contribution is -0.136. The molecule has 1 aliphatic heterocycles. The Kier molecular flexibility index (Phi) is 5.45. The van der Waals surface area contributed by atoms with Gasteiger partial charge < -0.3 is 4.90 Å². The molecule has 0 unspecified atom stereocenters. The van der Waals surface area contributed by atoms with Crippen LogP contribution < -0.4 is 0 Å². The van der Waals surface area contributed by atoms with Crippen molar-refractivity contribution in [3.8, 4) is 0 Å². The van der Waals surface area contributed by atoms with Crippen molar-refractivity contribution in [3.05, 3.63) is 51.8 Å². The highest BCUT2D eigenvalue weighted by atomic mass is 35.5. The van der Waals surface area contributed by atoms with Crippen molar-refractivity contribution in [3.63, 3.8) is 0 Å². The summed E-state index contributed by atoms with van der Waals surface area (Å²) in [5.41, 5.74) is 4.48. The molecule has 0 atom stereocenters. The molecule has 0 spiro atoms. The van der Waals surface area contributed by atoms with Crippen molar-refractivity contribution >= 4 is 17.5 Å². The van der Waals surface area contributed by atoms with Gasteiger partial charge in [-0.3, -0.25) is 14.4 Å². The molecule has 1 aromatic carbocycles. The van der Waals surface area contributed by atoms with E-state index in [9.17, 15) is 4.79 Å². The minimum Gasteiger partial charge on any atom is -0.336 e. The van der Waals surface area contributed by atoms with E-state index in [0.29, 0.717) is 24.8 Å². The summed E-state index contributed by atoms with van der Waals surface area (Å²) in [6, 6.07) is 8.37. The topological polar surface area (TPSA) is 41.4 Å². The first-order valence-electron chi connectivity index (χ1n) is 8.73. The fourth-order valence-corrected chi connectivity index (χ4v) is 3.44. The van der Waals surface area contributed by atoms with Crippen LogP contribution in [0, 0.1) is 6.92 Å². The molecular weight excluding hydrogens is 336 g/mol. The van der Waals surface area contributed by atoms with Gasteiger partial charge in [0.05, 0.1) is 12.2 Å². The van der Waals surface area contributed by atoms with E-state index in [4.69, 9.17) is 11.6 Å². The van der Waals surface area contributed by atoms with Crippen LogP contribution in [0.1, 0.15) is 29.3 Å². The van der Waals surface area contributed by atoms with Gasteiger partial charge in [0.15, 0.2) is 0 Å². The van der Waals surface area contributed by atoms with Gasteiger partial charge in [-0.2, -0.15) is 5.10 Å². The fourth-order valence-electron chi connectivity index (χ4n) is 3.24. The number of halogens is 1. The molecule has 2 heterocycles. The molecule has 25 heavy (non-hydrogen) atoms. The normalized spacial score (nSPS) is 15.8. The zero-order valence-corrected chi connectivity index (χ0v) is 15.9. The Morgan fingerprint density at radius 2 is 1.88 bits per heavy atom. The molecular formula is C19H25ClN4O. The van der Waals surface area contributed by atoms with Gasteiger partial charge in [-0.25, -0.2) is 0 Å². The second-order valence-electron chi connectivity index (χ2n) is 6.70. The number of benzene rings is 1. The summed E-state index contributed by atoms with van der Waals surface area (Å²) in [7, 11) is 1.86. The Morgan fingerprint density at radius 3 is 2.52 bits per heavy atom. The number of carbonyl (C=O) groups is 1. The number of carbonyl (C=O) groups excluding carboxylic acids is 1. The van der Waals surface area contributed by atoms with Crippen LogP contribution in [0.5, 0.6) is 0 Å². The monoisotopic (exact) mass is 360 g/mol. The Hall–Kier alpha value is -1.85. The Bertz CT molecular complexity index is 754. The fraction of sp³-hybridized carbons (Fsp3) is 0.474. The molecule has 134 valence electrons. The van der Waals surface area contributed by atoms with Gasteiger partial charge in [0.1, 0.15) is 5.15 Å². The minimum atomic E-state index is 0.171. The van der Waals surface area contributed by atoms with Gasteiger partial charge >= 0.3 is 0 Å². The maximum Gasteiger partial charge on any atom is 0.237 e. The van der Waals surface area contributed by atoms with E-state index in [0.717, 1.165) is 30.8 Å². The predicted molar refractivity (Wildman–Crippen MR) is 99.5 cm³/mol. The molecule has 1 aromatic heterocycles. The predicted octanol–water partition coefficient (Wildman–Crippen LogP) is 2.79. The number of piperazine rings is 1. The summed E-state index contributed by atoms with van der Waals surface area (Å²) in [5.74, 6) is 0.171. The molecule has 1 aliphatic rings. The van der Waals surface area contributed by atoms with Crippen LogP contribution in [0.4, 0.5) is 0 Å². The molecule has 1 amide bonds. The first-order valence-corrected chi connectivity index (χ1v) is 9.11. The molecule has 0 aliphatic carbocycles. The lowest BCUT2D eigenvalue weighted by Crippen LogP contribution is -2.49. The summed E-state index contributed by atoms with van der Waals surface area (Å²) >= 11 is 6.38. The van der Waals surface area contributed by atoms with Gasteiger partial charge in [0.2, 0.25) is 5.91 Å². The first-order chi connectivity index (χ1) is 12.0. The summed E-state index contributed by atoms with van der Waals surface area (Å²) in [6.07, 6.45) is 0.844. The number of hydrogen-bond donors (Lipinski definition) is 0. The van der Waals surface area contributed by atoms with Crippen LogP contribution in [0.15, 0.2) is 24.3 Å². The lowest BCUT2D eigenvalue weighted by atomic mass is 10.1. The maximum absolute atomic E-state index is 12.5. The van der Waals surface area contributed by atoms with E-state index in [1.807, 2.05) is 11.9 Å². The number of nitrogens with zero attached hydrogens (tertiary/aromatic N) is 4. The maximum atomic E-state index is 12.5. The highest BCUT2D eigenvalue weighted by Crippen LogP contribution is 2.22. The molecule has 1 fully saturated rings. The Morgan fingerprint density at radius 1 is 1.16 bits per heavy atom. The van der Waals surface area contributed by atoms with Crippen LogP contribution >= 0.6 is 11.6 Å². The van der Waals surface area contributed by atoms with Gasteiger partial charge in [0.25, 0.3) is 0 Å². The summed E-state index contributed by atoms with van der Waals surface area (Å²) in [6.45, 7) is 7.54. The van der Waals surface area contributed by atoms with Crippen molar-refractivity contribution < 1.29 is 4.79 Å². The third-order valence-corrected chi connectivity index (χ3v) is 5.23. The third kappa shape index (κ3) is 4.05. The van der Waals surface area contributed by atoms with Gasteiger partial charge in [-0.15, -0.1) is 0 Å². The molecule has 0 N–H and O–H groups in total. The highest BCUT2D eigenvalue weighted by Gasteiger charge is 2.26. The quantitative estimate of drug-likeness (QED) is 0.823. The number of aromatic nitrogens is 2. The Labute approximate surface area is 154 Å². The second-order valence-corrected chi connectivity index (χ2v) is 7.06. The van der Waals surface area contributed by atoms with E-state index < -0.39 is 0 Å². The average Bonchev–Trinajstić information content (AvgIpc) is 2.87. The third-order valence-electron chi connectivity index (χ3n) is 4.76. The van der Waals surface area contributed by atoms with E-state index in [-0.39, 0.29) is 5.91 Å². The summed E-state index contributed by atoms with van der Waals surface area (Å²) < 4.78 is 1.71. The van der Waals surface area contributed by atoms with Crippen LogP contribution in [-0.4, -0.2) is 45.1 Å². The SMILES string of the molecule is CCc1nn(C)c(Cl)c1CN1CCN(Cc2ccc(C)cc2)C(=O)C1. The first kappa shape index (κ1) is 18.0. The molecule has 0 radical (unpaired) electrons. The standard InChI is InChI=1S/C19H25ClN4O/c1-4-17-16(19(20)22(3)21-17)12-23-9-10-24(18(25)13-23)11-15-7-5-14(2)6-8-15/h5-8H,4,9-13H2,1-3H3. The van der Waals surface area contributed by atoms with Gasteiger partial charge in [-0.05, 0) is 18.9 Å². The Balaban J connectivity index is 1.62. The van der Waals surface area contributed by atoms with Crippen molar-refractivity contribution in [2.75, 3.05) is 19.6 Å². The molecule has 2 aromatic rings. The van der Waals surface area contributed by atoms with Crippen molar-refractivity contribution in [1.82, 2.24) is 19.6 Å². The zero-order valence-electron chi connectivity index (χ0n) is 15.1. The molecule has 0 bridgehead atoms. The second kappa shape index (κ2) is 7.58. The van der Waals surface area contributed by atoms with Crippen molar-refractivity contribution in [1.29, 1.82) is 0 Å². The van der Waals surface area contributed by atoms with E-state index in [1.165, 1.54) is 11.1 Å².